The molecule has 0 amide bonds. The fourth-order valence-corrected chi connectivity index (χ4v) is 2.53. The molecule has 82 valence electrons. The van der Waals surface area contributed by atoms with E-state index in [2.05, 4.69) is 4.90 Å². The zero-order valence-corrected chi connectivity index (χ0v) is 9.63. The lowest BCUT2D eigenvalue weighted by atomic mass is 10.2. The van der Waals surface area contributed by atoms with Crippen LogP contribution in [0.25, 0.3) is 0 Å². The van der Waals surface area contributed by atoms with Crippen molar-refractivity contribution in [2.45, 2.75) is 4.90 Å². The zero-order valence-electron chi connectivity index (χ0n) is 8.81. The van der Waals surface area contributed by atoms with E-state index in [1.54, 1.807) is 6.26 Å². The van der Waals surface area contributed by atoms with E-state index in [0.717, 1.165) is 36.9 Å². The minimum absolute atomic E-state index is 0.755. The molecule has 0 radical (unpaired) electrons. The van der Waals surface area contributed by atoms with Crippen LogP contribution >= 0.6 is 0 Å². The number of hydrogen-bond donors (Lipinski definition) is 0. The molecule has 3 nitrogen and oxygen atoms in total. The zero-order chi connectivity index (χ0) is 10.7. The van der Waals surface area contributed by atoms with Crippen LogP contribution in [0.5, 0.6) is 0 Å². The maximum absolute atomic E-state index is 11.6. The SMILES string of the molecule is CS(=O)c1ccccc1N1CCOCC1. The van der Waals surface area contributed by atoms with Crippen LogP contribution in [-0.2, 0) is 15.5 Å². The highest BCUT2D eigenvalue weighted by molar-refractivity contribution is 7.84. The van der Waals surface area contributed by atoms with Crippen LogP contribution < -0.4 is 4.90 Å². The quantitative estimate of drug-likeness (QED) is 0.759. The number of morpholine rings is 1. The molecule has 1 aliphatic heterocycles. The Hall–Kier alpha value is -0.870. The maximum Gasteiger partial charge on any atom is 0.0642 e. The second-order valence-electron chi connectivity index (χ2n) is 3.52. The van der Waals surface area contributed by atoms with Crippen LogP contribution in [0.2, 0.25) is 0 Å². The Bertz CT molecular complexity index is 361. The normalized spacial score (nSPS) is 18.9. The van der Waals surface area contributed by atoms with Crippen LogP contribution in [0.1, 0.15) is 0 Å². The highest BCUT2D eigenvalue weighted by Crippen LogP contribution is 2.23. The summed E-state index contributed by atoms with van der Waals surface area (Å²) in [7, 11) is -0.925. The molecule has 0 aliphatic carbocycles. The van der Waals surface area contributed by atoms with Gasteiger partial charge in [0.2, 0.25) is 0 Å². The Kier molecular flexibility index (Phi) is 3.38. The molecule has 0 saturated carbocycles. The standard InChI is InChI=1S/C11H15NO2S/c1-15(13)11-5-3-2-4-10(11)12-6-8-14-9-7-12/h2-5H,6-9H2,1H3. The first kappa shape index (κ1) is 10.6. The summed E-state index contributed by atoms with van der Waals surface area (Å²) in [4.78, 5) is 3.15. The van der Waals surface area contributed by atoms with Crippen molar-refractivity contribution in [3.05, 3.63) is 24.3 Å². The number of benzene rings is 1. The van der Waals surface area contributed by atoms with Crippen LogP contribution in [0, 0.1) is 0 Å². The lowest BCUT2D eigenvalue weighted by Gasteiger charge is -2.30. The van der Waals surface area contributed by atoms with Gasteiger partial charge in [0, 0.05) is 19.3 Å². The first-order chi connectivity index (χ1) is 7.29. The molecule has 1 aliphatic rings. The van der Waals surface area contributed by atoms with Crippen molar-refractivity contribution in [2.24, 2.45) is 0 Å². The predicted octanol–water partition coefficient (Wildman–Crippen LogP) is 1.26. The van der Waals surface area contributed by atoms with E-state index in [4.69, 9.17) is 4.74 Å². The van der Waals surface area contributed by atoms with Crippen LogP contribution in [0.15, 0.2) is 29.2 Å². The average molecular weight is 225 g/mol. The molecule has 4 heteroatoms. The molecular weight excluding hydrogens is 210 g/mol. The molecular formula is C11H15NO2S. The van der Waals surface area contributed by atoms with Gasteiger partial charge in [-0.25, -0.2) is 0 Å². The van der Waals surface area contributed by atoms with Gasteiger partial charge in [-0.15, -0.1) is 0 Å². The Balaban J connectivity index is 2.29. The van der Waals surface area contributed by atoms with Crippen LogP contribution in [0.3, 0.4) is 0 Å². The second-order valence-corrected chi connectivity index (χ2v) is 4.87. The molecule has 1 unspecified atom stereocenters. The van der Waals surface area contributed by atoms with E-state index in [-0.39, 0.29) is 0 Å². The largest absolute Gasteiger partial charge is 0.378 e. The van der Waals surface area contributed by atoms with Crippen molar-refractivity contribution in [1.29, 1.82) is 0 Å². The third-order valence-corrected chi connectivity index (χ3v) is 3.49. The number of para-hydroxylation sites is 1. The van der Waals surface area contributed by atoms with Gasteiger partial charge in [0.05, 0.1) is 34.6 Å². The topological polar surface area (TPSA) is 29.5 Å². The van der Waals surface area contributed by atoms with Crippen LogP contribution in [-0.4, -0.2) is 36.8 Å². The van der Waals surface area contributed by atoms with Crippen molar-refractivity contribution < 1.29 is 8.95 Å². The van der Waals surface area contributed by atoms with Gasteiger partial charge < -0.3 is 9.64 Å². The van der Waals surface area contributed by atoms with E-state index in [0.29, 0.717) is 0 Å². The van der Waals surface area contributed by atoms with Crippen molar-refractivity contribution >= 4 is 16.5 Å². The number of ether oxygens (including phenoxy) is 1. The molecule has 0 aromatic heterocycles. The number of nitrogens with zero attached hydrogens (tertiary/aromatic N) is 1. The third-order valence-electron chi connectivity index (χ3n) is 2.53. The molecule has 0 N–H and O–H groups in total. The summed E-state index contributed by atoms with van der Waals surface area (Å²) in [6.07, 6.45) is 1.72. The van der Waals surface area contributed by atoms with Crippen LogP contribution in [0.4, 0.5) is 5.69 Å². The van der Waals surface area contributed by atoms with E-state index in [1.165, 1.54) is 0 Å². The summed E-state index contributed by atoms with van der Waals surface area (Å²) in [5, 5.41) is 0. The van der Waals surface area contributed by atoms with Crippen molar-refractivity contribution in [1.82, 2.24) is 0 Å². The minimum Gasteiger partial charge on any atom is -0.378 e. The van der Waals surface area contributed by atoms with E-state index in [1.807, 2.05) is 24.3 Å². The maximum atomic E-state index is 11.6. The Morgan fingerprint density at radius 2 is 1.93 bits per heavy atom. The molecule has 1 heterocycles. The van der Waals surface area contributed by atoms with E-state index < -0.39 is 10.8 Å². The van der Waals surface area contributed by atoms with Crippen molar-refractivity contribution in [3.63, 3.8) is 0 Å². The fourth-order valence-electron chi connectivity index (χ4n) is 1.77. The van der Waals surface area contributed by atoms with Crippen molar-refractivity contribution in [3.8, 4) is 0 Å². The minimum atomic E-state index is -0.925. The Labute approximate surface area is 92.5 Å². The first-order valence-electron chi connectivity index (χ1n) is 5.04. The lowest BCUT2D eigenvalue weighted by molar-refractivity contribution is 0.122. The van der Waals surface area contributed by atoms with Gasteiger partial charge in [-0.05, 0) is 12.1 Å². The molecule has 1 fully saturated rings. The molecule has 0 spiro atoms. The lowest BCUT2D eigenvalue weighted by Crippen LogP contribution is -2.36. The van der Waals surface area contributed by atoms with Gasteiger partial charge in [-0.3, -0.25) is 4.21 Å². The molecule has 1 aromatic carbocycles. The van der Waals surface area contributed by atoms with Gasteiger partial charge >= 0.3 is 0 Å². The average Bonchev–Trinajstić information content (AvgIpc) is 2.30. The smallest absolute Gasteiger partial charge is 0.0642 e. The summed E-state index contributed by atoms with van der Waals surface area (Å²) < 4.78 is 16.9. The Morgan fingerprint density at radius 3 is 2.60 bits per heavy atom. The molecule has 15 heavy (non-hydrogen) atoms. The van der Waals surface area contributed by atoms with Gasteiger partial charge in [-0.1, -0.05) is 12.1 Å². The highest BCUT2D eigenvalue weighted by Gasteiger charge is 2.15. The number of hydrogen-bond acceptors (Lipinski definition) is 3. The summed E-state index contributed by atoms with van der Waals surface area (Å²) in [6.45, 7) is 3.28. The van der Waals surface area contributed by atoms with Gasteiger partial charge in [0.25, 0.3) is 0 Å². The monoisotopic (exact) mass is 225 g/mol. The molecule has 1 aromatic rings. The predicted molar refractivity (Wildman–Crippen MR) is 61.8 cm³/mol. The first-order valence-corrected chi connectivity index (χ1v) is 6.60. The van der Waals surface area contributed by atoms with E-state index in [9.17, 15) is 4.21 Å². The molecule has 1 saturated heterocycles. The molecule has 1 atom stereocenters. The molecule has 0 bridgehead atoms. The second kappa shape index (κ2) is 4.77. The number of anilines is 1. The van der Waals surface area contributed by atoms with Gasteiger partial charge in [0.15, 0.2) is 0 Å². The van der Waals surface area contributed by atoms with Gasteiger partial charge in [-0.2, -0.15) is 0 Å². The number of rotatable bonds is 2. The molecule has 2 rings (SSSR count). The summed E-state index contributed by atoms with van der Waals surface area (Å²) in [5.41, 5.74) is 1.08. The van der Waals surface area contributed by atoms with E-state index >= 15 is 0 Å². The summed E-state index contributed by atoms with van der Waals surface area (Å²) in [5.74, 6) is 0. The third kappa shape index (κ3) is 2.38. The highest BCUT2D eigenvalue weighted by atomic mass is 32.2. The Morgan fingerprint density at radius 1 is 1.27 bits per heavy atom. The van der Waals surface area contributed by atoms with Gasteiger partial charge in [0.1, 0.15) is 0 Å². The summed E-state index contributed by atoms with van der Waals surface area (Å²) in [6, 6.07) is 7.88. The van der Waals surface area contributed by atoms with Crippen molar-refractivity contribution in [2.75, 3.05) is 37.5 Å². The fraction of sp³-hybridized carbons (Fsp3) is 0.455. The summed E-state index contributed by atoms with van der Waals surface area (Å²) >= 11 is 0.